The van der Waals surface area contributed by atoms with E-state index in [-0.39, 0.29) is 24.4 Å². The van der Waals surface area contributed by atoms with Crippen molar-refractivity contribution >= 4 is 0 Å². The van der Waals surface area contributed by atoms with Gasteiger partial charge in [0.15, 0.2) is 6.29 Å². The third-order valence-electron chi connectivity index (χ3n) is 3.59. The van der Waals surface area contributed by atoms with Gasteiger partial charge in [0.25, 0.3) is 0 Å². The molecule has 1 saturated heterocycles. The van der Waals surface area contributed by atoms with E-state index < -0.39 is 0 Å². The molecule has 0 bridgehead atoms. The van der Waals surface area contributed by atoms with E-state index in [1.165, 1.54) is 0 Å². The molecule has 4 atom stereocenters. The average molecular weight is 274 g/mol. The zero-order chi connectivity index (χ0) is 14.1. The summed E-state index contributed by atoms with van der Waals surface area (Å²) in [5.74, 6) is 0.252. The average Bonchev–Trinajstić information content (AvgIpc) is 2.72. The van der Waals surface area contributed by atoms with Crippen LogP contribution in [0.4, 0.5) is 0 Å². The molecule has 19 heavy (non-hydrogen) atoms. The maximum absolute atomic E-state index is 5.97. The number of hydrogen-bond donors (Lipinski definition) is 0. The molecule has 1 aliphatic rings. The topological polar surface area (TPSA) is 36.9 Å². The van der Waals surface area contributed by atoms with Gasteiger partial charge in [-0.2, -0.15) is 0 Å². The molecular formula is C15H30O4. The van der Waals surface area contributed by atoms with E-state index in [0.29, 0.717) is 6.61 Å². The van der Waals surface area contributed by atoms with Crippen molar-refractivity contribution in [1.29, 1.82) is 0 Å². The molecule has 0 radical (unpaired) electrons. The number of ether oxygens (including phenoxy) is 4. The molecule has 0 aromatic rings. The summed E-state index contributed by atoms with van der Waals surface area (Å²) >= 11 is 0. The van der Waals surface area contributed by atoms with Crippen molar-refractivity contribution in [1.82, 2.24) is 0 Å². The first-order valence-corrected chi connectivity index (χ1v) is 7.62. The van der Waals surface area contributed by atoms with Crippen LogP contribution in [-0.2, 0) is 18.9 Å². The second-order valence-electron chi connectivity index (χ2n) is 5.26. The summed E-state index contributed by atoms with van der Waals surface area (Å²) in [4.78, 5) is 0. The molecule has 0 aliphatic carbocycles. The first-order chi connectivity index (χ1) is 9.24. The minimum atomic E-state index is -0.175. The maximum Gasteiger partial charge on any atom is 0.162 e. The van der Waals surface area contributed by atoms with Crippen molar-refractivity contribution in [3.8, 4) is 0 Å². The SMILES string of the molecule is CCCCOC[C@H]1O[C@H](OC)[C@@H](C)[C@@H]1OCCCC. The van der Waals surface area contributed by atoms with Crippen molar-refractivity contribution in [3.05, 3.63) is 0 Å². The van der Waals surface area contributed by atoms with Crippen molar-refractivity contribution in [2.75, 3.05) is 26.9 Å². The fraction of sp³-hybridized carbons (Fsp3) is 1.00. The van der Waals surface area contributed by atoms with Gasteiger partial charge in [0.1, 0.15) is 6.10 Å². The Morgan fingerprint density at radius 2 is 1.74 bits per heavy atom. The monoisotopic (exact) mass is 274 g/mol. The van der Waals surface area contributed by atoms with Crippen LogP contribution in [0.5, 0.6) is 0 Å². The van der Waals surface area contributed by atoms with Crippen molar-refractivity contribution in [3.63, 3.8) is 0 Å². The summed E-state index contributed by atoms with van der Waals surface area (Å²) in [5, 5.41) is 0. The molecule has 0 N–H and O–H groups in total. The molecule has 1 heterocycles. The molecule has 0 spiro atoms. The van der Waals surface area contributed by atoms with Gasteiger partial charge >= 0.3 is 0 Å². The van der Waals surface area contributed by atoms with E-state index >= 15 is 0 Å². The number of methoxy groups -OCH3 is 1. The summed E-state index contributed by atoms with van der Waals surface area (Å²) in [6.07, 6.45) is 4.38. The molecule has 1 aliphatic heterocycles. The van der Waals surface area contributed by atoms with Gasteiger partial charge in [0.05, 0.1) is 12.7 Å². The van der Waals surface area contributed by atoms with Gasteiger partial charge in [-0.25, -0.2) is 0 Å². The van der Waals surface area contributed by atoms with E-state index in [0.717, 1.165) is 38.9 Å². The standard InChI is InChI=1S/C15H30O4/c1-5-7-9-17-11-13-14(18-10-8-6-2)12(3)15(16-4)19-13/h12-15H,5-11H2,1-4H3/t12-,13+,14-,15-/m0/s1. The zero-order valence-corrected chi connectivity index (χ0v) is 12.9. The highest BCUT2D eigenvalue weighted by molar-refractivity contribution is 4.85. The van der Waals surface area contributed by atoms with Crippen LogP contribution in [0.1, 0.15) is 46.5 Å². The highest BCUT2D eigenvalue weighted by Crippen LogP contribution is 2.30. The van der Waals surface area contributed by atoms with E-state index in [2.05, 4.69) is 20.8 Å². The molecule has 1 fully saturated rings. The van der Waals surface area contributed by atoms with Crippen molar-refractivity contribution < 1.29 is 18.9 Å². The Bertz CT molecular complexity index is 222. The number of hydrogen-bond acceptors (Lipinski definition) is 4. The highest BCUT2D eigenvalue weighted by atomic mass is 16.7. The quantitative estimate of drug-likeness (QED) is 0.574. The molecule has 0 aromatic carbocycles. The lowest BCUT2D eigenvalue weighted by molar-refractivity contribution is -0.142. The summed E-state index contributed by atoms with van der Waals surface area (Å²) in [7, 11) is 1.69. The van der Waals surface area contributed by atoms with Crippen LogP contribution in [0.3, 0.4) is 0 Å². The molecule has 1 rings (SSSR count). The Hall–Kier alpha value is -0.160. The minimum Gasteiger partial charge on any atom is -0.379 e. The zero-order valence-electron chi connectivity index (χ0n) is 12.9. The molecule has 4 nitrogen and oxygen atoms in total. The lowest BCUT2D eigenvalue weighted by Gasteiger charge is -2.21. The Balaban J connectivity index is 2.40. The number of rotatable bonds is 10. The van der Waals surface area contributed by atoms with E-state index in [1.807, 2.05) is 0 Å². The van der Waals surface area contributed by atoms with Gasteiger partial charge in [0.2, 0.25) is 0 Å². The van der Waals surface area contributed by atoms with Gasteiger partial charge in [-0.05, 0) is 12.8 Å². The van der Waals surface area contributed by atoms with Crippen LogP contribution in [0.2, 0.25) is 0 Å². The summed E-state index contributed by atoms with van der Waals surface area (Å²) in [6, 6.07) is 0. The van der Waals surface area contributed by atoms with E-state index in [9.17, 15) is 0 Å². The molecule has 0 amide bonds. The summed E-state index contributed by atoms with van der Waals surface area (Å²) < 4.78 is 22.9. The van der Waals surface area contributed by atoms with Crippen molar-refractivity contribution in [2.24, 2.45) is 5.92 Å². The Morgan fingerprint density at radius 3 is 2.37 bits per heavy atom. The molecule has 0 unspecified atom stereocenters. The summed E-state index contributed by atoms with van der Waals surface area (Å²) in [5.41, 5.74) is 0. The fourth-order valence-corrected chi connectivity index (χ4v) is 2.34. The Kier molecular flexibility index (Phi) is 8.62. The first-order valence-electron chi connectivity index (χ1n) is 7.62. The number of unbranched alkanes of at least 4 members (excludes halogenated alkanes) is 2. The third-order valence-corrected chi connectivity index (χ3v) is 3.59. The molecule has 0 aromatic heterocycles. The Morgan fingerprint density at radius 1 is 1.05 bits per heavy atom. The minimum absolute atomic E-state index is 0.00587. The van der Waals surface area contributed by atoms with Gasteiger partial charge in [-0.3, -0.25) is 0 Å². The van der Waals surface area contributed by atoms with E-state index in [1.54, 1.807) is 7.11 Å². The van der Waals surface area contributed by atoms with Crippen LogP contribution in [0, 0.1) is 5.92 Å². The predicted molar refractivity (Wildman–Crippen MR) is 75.2 cm³/mol. The van der Waals surface area contributed by atoms with Crippen LogP contribution < -0.4 is 0 Å². The van der Waals surface area contributed by atoms with Crippen LogP contribution in [-0.4, -0.2) is 45.4 Å². The third kappa shape index (κ3) is 5.38. The van der Waals surface area contributed by atoms with Crippen molar-refractivity contribution in [2.45, 2.75) is 65.0 Å². The molecule has 114 valence electrons. The van der Waals surface area contributed by atoms with Gasteiger partial charge < -0.3 is 18.9 Å². The van der Waals surface area contributed by atoms with Gasteiger partial charge in [0, 0.05) is 26.2 Å². The normalized spacial score (nSPS) is 30.9. The second kappa shape index (κ2) is 9.70. The van der Waals surface area contributed by atoms with E-state index in [4.69, 9.17) is 18.9 Å². The Labute approximate surface area is 117 Å². The van der Waals surface area contributed by atoms with Crippen LogP contribution in [0.15, 0.2) is 0 Å². The second-order valence-corrected chi connectivity index (χ2v) is 5.26. The van der Waals surface area contributed by atoms with Gasteiger partial charge in [-0.1, -0.05) is 33.6 Å². The lowest BCUT2D eigenvalue weighted by atomic mass is 10.0. The molecule has 0 saturated carbocycles. The smallest absolute Gasteiger partial charge is 0.162 e. The van der Waals surface area contributed by atoms with Crippen LogP contribution in [0.25, 0.3) is 0 Å². The lowest BCUT2D eigenvalue weighted by Crippen LogP contribution is -2.33. The first kappa shape index (κ1) is 16.9. The molecule has 4 heteroatoms. The molecular weight excluding hydrogens is 244 g/mol. The summed E-state index contributed by atoms with van der Waals surface area (Å²) in [6.45, 7) is 8.63. The largest absolute Gasteiger partial charge is 0.379 e. The predicted octanol–water partition coefficient (Wildman–Crippen LogP) is 3.00. The maximum atomic E-state index is 5.97. The fourth-order valence-electron chi connectivity index (χ4n) is 2.34. The van der Waals surface area contributed by atoms with Gasteiger partial charge in [-0.15, -0.1) is 0 Å². The highest BCUT2D eigenvalue weighted by Gasteiger charge is 2.42. The van der Waals surface area contributed by atoms with Crippen LogP contribution >= 0.6 is 0 Å².